The zero-order valence-electron chi connectivity index (χ0n) is 12.7. The predicted molar refractivity (Wildman–Crippen MR) is 82.8 cm³/mol. The van der Waals surface area contributed by atoms with Crippen LogP contribution in [0.15, 0.2) is 17.3 Å². The lowest BCUT2D eigenvalue weighted by atomic mass is 10.1. The van der Waals surface area contributed by atoms with Gasteiger partial charge >= 0.3 is 0 Å². The molecule has 0 saturated carbocycles. The molecule has 108 valence electrons. The first-order valence-electron chi connectivity index (χ1n) is 6.74. The van der Waals surface area contributed by atoms with Gasteiger partial charge < -0.3 is 10.1 Å². The third kappa shape index (κ3) is 6.95. The Morgan fingerprint density at radius 3 is 2.68 bits per heavy atom. The Labute approximate surface area is 121 Å². The van der Waals surface area contributed by atoms with Crippen LogP contribution in [0.25, 0.3) is 0 Å². The number of aryl methyl sites for hydroxylation is 1. The van der Waals surface area contributed by atoms with E-state index in [4.69, 9.17) is 4.74 Å². The molecule has 4 heteroatoms. The van der Waals surface area contributed by atoms with Gasteiger partial charge in [-0.3, -0.25) is 0 Å². The highest BCUT2D eigenvalue weighted by molar-refractivity contribution is 7.99. The molecule has 19 heavy (non-hydrogen) atoms. The summed E-state index contributed by atoms with van der Waals surface area (Å²) in [6.45, 7) is 10.3. The van der Waals surface area contributed by atoms with Crippen molar-refractivity contribution in [2.24, 2.45) is 0 Å². The second-order valence-electron chi connectivity index (χ2n) is 5.76. The monoisotopic (exact) mass is 282 g/mol. The molecule has 1 N–H and O–H groups in total. The van der Waals surface area contributed by atoms with Gasteiger partial charge in [0.15, 0.2) is 0 Å². The highest BCUT2D eigenvalue weighted by Gasteiger charge is 2.09. The summed E-state index contributed by atoms with van der Waals surface area (Å²) < 4.78 is 5.05. The van der Waals surface area contributed by atoms with Crippen molar-refractivity contribution in [1.82, 2.24) is 10.3 Å². The van der Waals surface area contributed by atoms with Crippen molar-refractivity contribution in [3.8, 4) is 0 Å². The number of aromatic nitrogens is 1. The van der Waals surface area contributed by atoms with Crippen LogP contribution in [0.1, 0.15) is 38.3 Å². The van der Waals surface area contributed by atoms with Crippen molar-refractivity contribution < 1.29 is 4.74 Å². The van der Waals surface area contributed by atoms with Crippen LogP contribution in [0.3, 0.4) is 0 Å². The Hall–Kier alpha value is -0.580. The van der Waals surface area contributed by atoms with Crippen molar-refractivity contribution in [2.45, 2.75) is 51.2 Å². The van der Waals surface area contributed by atoms with Crippen LogP contribution < -0.4 is 5.32 Å². The minimum absolute atomic E-state index is 0.140. The van der Waals surface area contributed by atoms with Crippen LogP contribution in [0.5, 0.6) is 0 Å². The van der Waals surface area contributed by atoms with Gasteiger partial charge in [0.25, 0.3) is 0 Å². The van der Waals surface area contributed by atoms with Gasteiger partial charge in [-0.05, 0) is 45.2 Å². The second kappa shape index (κ2) is 7.88. The number of nitrogens with zero attached hydrogens (tertiary/aromatic N) is 1. The maximum Gasteiger partial charge on any atom is 0.0989 e. The van der Waals surface area contributed by atoms with Crippen LogP contribution in [0, 0.1) is 6.92 Å². The maximum atomic E-state index is 5.05. The largest absolute Gasteiger partial charge is 0.385 e. The first kappa shape index (κ1) is 16.5. The number of hydrogen-bond acceptors (Lipinski definition) is 4. The highest BCUT2D eigenvalue weighted by Crippen LogP contribution is 2.21. The van der Waals surface area contributed by atoms with E-state index in [1.54, 1.807) is 7.11 Å². The normalized spacial score (nSPS) is 11.8. The standard InChI is InChI=1S/C15H26N2OS/c1-12-9-13(11-17-15(2,3)4)10-16-14(12)19-8-6-7-18-5/h9-10,17H,6-8,11H2,1-5H3. The van der Waals surface area contributed by atoms with Crippen molar-refractivity contribution >= 4 is 11.8 Å². The van der Waals surface area contributed by atoms with Crippen LogP contribution in [-0.2, 0) is 11.3 Å². The molecule has 0 amide bonds. The summed E-state index contributed by atoms with van der Waals surface area (Å²) in [5, 5.41) is 4.62. The molecule has 0 unspecified atom stereocenters. The number of methoxy groups -OCH3 is 1. The Bertz CT molecular complexity index is 388. The van der Waals surface area contributed by atoms with Crippen LogP contribution >= 0.6 is 11.8 Å². The Morgan fingerprint density at radius 2 is 2.11 bits per heavy atom. The lowest BCUT2D eigenvalue weighted by molar-refractivity contribution is 0.200. The number of hydrogen-bond donors (Lipinski definition) is 1. The number of pyridine rings is 1. The third-order valence-corrected chi connectivity index (χ3v) is 3.83. The van der Waals surface area contributed by atoms with Gasteiger partial charge in [0.05, 0.1) is 5.03 Å². The van der Waals surface area contributed by atoms with Gasteiger partial charge in [-0.15, -0.1) is 11.8 Å². The highest BCUT2D eigenvalue weighted by atomic mass is 32.2. The Kier molecular flexibility index (Phi) is 6.83. The molecule has 0 radical (unpaired) electrons. The van der Waals surface area contributed by atoms with Gasteiger partial charge in [-0.25, -0.2) is 4.98 Å². The molecular formula is C15H26N2OS. The summed E-state index contributed by atoms with van der Waals surface area (Å²) in [5.41, 5.74) is 2.64. The van der Waals surface area contributed by atoms with E-state index in [9.17, 15) is 0 Å². The molecule has 1 aromatic heterocycles. The molecule has 0 saturated heterocycles. The number of nitrogens with one attached hydrogen (secondary N) is 1. The van der Waals surface area contributed by atoms with E-state index < -0.39 is 0 Å². The summed E-state index contributed by atoms with van der Waals surface area (Å²) in [5.74, 6) is 1.06. The van der Waals surface area contributed by atoms with Crippen molar-refractivity contribution in [1.29, 1.82) is 0 Å². The van der Waals surface area contributed by atoms with E-state index in [0.29, 0.717) is 0 Å². The molecule has 0 spiro atoms. The molecule has 0 bridgehead atoms. The van der Waals surface area contributed by atoms with Crippen molar-refractivity contribution in [3.05, 3.63) is 23.4 Å². The molecule has 0 aliphatic heterocycles. The van der Waals surface area contributed by atoms with E-state index in [-0.39, 0.29) is 5.54 Å². The lowest BCUT2D eigenvalue weighted by Gasteiger charge is -2.20. The van der Waals surface area contributed by atoms with E-state index in [2.05, 4.69) is 44.1 Å². The van der Waals surface area contributed by atoms with Crippen molar-refractivity contribution in [3.63, 3.8) is 0 Å². The lowest BCUT2D eigenvalue weighted by Crippen LogP contribution is -2.35. The molecule has 0 aromatic carbocycles. The van der Waals surface area contributed by atoms with Gasteiger partial charge in [0.2, 0.25) is 0 Å². The molecular weight excluding hydrogens is 256 g/mol. The van der Waals surface area contributed by atoms with E-state index in [1.165, 1.54) is 11.1 Å². The fourth-order valence-corrected chi connectivity index (χ4v) is 2.48. The summed E-state index contributed by atoms with van der Waals surface area (Å²) in [6.07, 6.45) is 3.04. The molecule has 1 rings (SSSR count). The zero-order valence-corrected chi connectivity index (χ0v) is 13.6. The predicted octanol–water partition coefficient (Wildman–Crippen LogP) is 3.41. The quantitative estimate of drug-likeness (QED) is 0.614. The molecule has 3 nitrogen and oxygen atoms in total. The number of rotatable bonds is 7. The summed E-state index contributed by atoms with van der Waals surface area (Å²) in [7, 11) is 1.74. The topological polar surface area (TPSA) is 34.1 Å². The smallest absolute Gasteiger partial charge is 0.0989 e. The van der Waals surface area contributed by atoms with Crippen molar-refractivity contribution in [2.75, 3.05) is 19.5 Å². The Balaban J connectivity index is 2.49. The molecule has 1 aromatic rings. The zero-order chi connectivity index (χ0) is 14.3. The third-order valence-electron chi connectivity index (χ3n) is 2.64. The molecule has 1 heterocycles. The minimum Gasteiger partial charge on any atom is -0.385 e. The summed E-state index contributed by atoms with van der Waals surface area (Å²) in [6, 6.07) is 2.23. The van der Waals surface area contributed by atoms with Gasteiger partial charge in [-0.1, -0.05) is 6.07 Å². The second-order valence-corrected chi connectivity index (χ2v) is 6.85. The summed E-state index contributed by atoms with van der Waals surface area (Å²) in [4.78, 5) is 4.56. The van der Waals surface area contributed by atoms with Crippen LogP contribution in [-0.4, -0.2) is 30.0 Å². The van der Waals surface area contributed by atoms with Gasteiger partial charge in [-0.2, -0.15) is 0 Å². The molecule has 0 atom stereocenters. The summed E-state index contributed by atoms with van der Waals surface area (Å²) >= 11 is 1.81. The van der Waals surface area contributed by atoms with Gasteiger partial charge in [0, 0.05) is 37.8 Å². The SMILES string of the molecule is COCCCSc1ncc(CNC(C)(C)C)cc1C. The number of ether oxygens (including phenoxy) is 1. The molecule has 0 fully saturated rings. The first-order chi connectivity index (χ1) is 8.92. The van der Waals surface area contributed by atoms with Gasteiger partial charge in [0.1, 0.15) is 0 Å². The fraction of sp³-hybridized carbons (Fsp3) is 0.667. The van der Waals surface area contributed by atoms with E-state index in [0.717, 1.165) is 30.4 Å². The average Bonchev–Trinajstić information content (AvgIpc) is 2.33. The fourth-order valence-electron chi connectivity index (χ4n) is 1.61. The average molecular weight is 282 g/mol. The molecule has 0 aliphatic rings. The van der Waals surface area contributed by atoms with E-state index >= 15 is 0 Å². The number of thioether (sulfide) groups is 1. The maximum absolute atomic E-state index is 5.05. The van der Waals surface area contributed by atoms with E-state index in [1.807, 2.05) is 18.0 Å². The minimum atomic E-state index is 0.140. The first-order valence-corrected chi connectivity index (χ1v) is 7.73. The van der Waals surface area contributed by atoms with Crippen LogP contribution in [0.2, 0.25) is 0 Å². The molecule has 0 aliphatic carbocycles. The Morgan fingerprint density at radius 1 is 1.37 bits per heavy atom. The van der Waals surface area contributed by atoms with Crippen LogP contribution in [0.4, 0.5) is 0 Å².